The molecule has 0 heterocycles. The minimum atomic E-state index is -3.77. The number of anilines is 1. The number of benzene rings is 2. The van der Waals surface area contributed by atoms with Crippen molar-refractivity contribution >= 4 is 21.6 Å². The van der Waals surface area contributed by atoms with Crippen molar-refractivity contribution in [3.8, 4) is 0 Å². The number of alkyl halides is 2. The predicted molar refractivity (Wildman–Crippen MR) is 94.8 cm³/mol. The second-order valence-electron chi connectivity index (χ2n) is 5.82. The maximum atomic E-state index is 14.4. The molecule has 2 aromatic rings. The normalized spacial score (nSPS) is 11.5. The number of amides is 1. The molecule has 0 bridgehead atoms. The van der Waals surface area contributed by atoms with Gasteiger partial charge in [-0.2, -0.15) is 8.78 Å². The molecule has 0 unspecified atom stereocenters. The van der Waals surface area contributed by atoms with Gasteiger partial charge in [-0.05, 0) is 35.9 Å². The van der Waals surface area contributed by atoms with Crippen molar-refractivity contribution in [3.05, 3.63) is 65.2 Å². The number of carbonyl (C=O) groups excluding carboxylic acids is 1. The Morgan fingerprint density at radius 2 is 1.75 bits per heavy atom. The second-order valence-corrected chi connectivity index (χ2v) is 7.72. The van der Waals surface area contributed by atoms with E-state index < -0.39 is 34.0 Å². The highest BCUT2D eigenvalue weighted by Crippen LogP contribution is 2.22. The molecule has 6 nitrogen and oxygen atoms in total. The molecule has 11 heteroatoms. The van der Waals surface area contributed by atoms with Gasteiger partial charge in [0, 0.05) is 12.1 Å². The van der Waals surface area contributed by atoms with E-state index in [0.717, 1.165) is 28.8 Å². The highest BCUT2D eigenvalue weighted by atomic mass is 32.2. The lowest BCUT2D eigenvalue weighted by molar-refractivity contribution is -0.132. The molecule has 2 aromatic carbocycles. The molecule has 152 valence electrons. The fourth-order valence-electron chi connectivity index (χ4n) is 2.28. The van der Waals surface area contributed by atoms with Crippen LogP contribution in [-0.2, 0) is 27.9 Å². The SMILES string of the molecule is CS(=O)(=O)N(Cc1ccc(CNNC(=O)C(F)F)cc1F)c1ccc(F)cc1. The molecule has 2 N–H and O–H groups in total. The van der Waals surface area contributed by atoms with E-state index in [-0.39, 0.29) is 24.3 Å². The van der Waals surface area contributed by atoms with Gasteiger partial charge in [-0.25, -0.2) is 22.6 Å². The van der Waals surface area contributed by atoms with Crippen LogP contribution in [0.5, 0.6) is 0 Å². The zero-order valence-corrected chi connectivity index (χ0v) is 15.4. The Balaban J connectivity index is 2.13. The van der Waals surface area contributed by atoms with Crippen LogP contribution in [0.3, 0.4) is 0 Å². The standard InChI is InChI=1S/C17H17F4N3O3S/c1-28(26,27)24(14-6-4-13(18)5-7-14)10-12-3-2-11(8-15(12)19)9-22-23-17(25)16(20)21/h2-8,16,22H,9-10H2,1H3,(H,23,25). The van der Waals surface area contributed by atoms with Gasteiger partial charge in [0.1, 0.15) is 11.6 Å². The minimum absolute atomic E-state index is 0.0510. The molecule has 0 fully saturated rings. The number of hydrogen-bond donors (Lipinski definition) is 2. The number of nitrogens with one attached hydrogen (secondary N) is 2. The number of carbonyl (C=O) groups is 1. The molecule has 1 amide bonds. The minimum Gasteiger partial charge on any atom is -0.286 e. The lowest BCUT2D eigenvalue weighted by atomic mass is 10.1. The van der Waals surface area contributed by atoms with Gasteiger partial charge in [-0.3, -0.25) is 14.5 Å². The first kappa shape index (κ1) is 21.6. The summed E-state index contributed by atoms with van der Waals surface area (Å²) < 4.78 is 76.6. The van der Waals surface area contributed by atoms with Gasteiger partial charge < -0.3 is 0 Å². The van der Waals surface area contributed by atoms with E-state index in [2.05, 4.69) is 5.43 Å². The van der Waals surface area contributed by atoms with Crippen LogP contribution in [0.15, 0.2) is 42.5 Å². The van der Waals surface area contributed by atoms with Gasteiger partial charge in [0.15, 0.2) is 0 Å². The zero-order valence-electron chi connectivity index (χ0n) is 14.6. The molecule has 0 saturated heterocycles. The molecule has 0 saturated carbocycles. The number of nitrogens with zero attached hydrogens (tertiary/aromatic N) is 1. The van der Waals surface area contributed by atoms with Crippen LogP contribution in [0.2, 0.25) is 0 Å². The Kier molecular flexibility index (Phi) is 6.97. The van der Waals surface area contributed by atoms with Crippen LogP contribution in [0, 0.1) is 11.6 Å². The van der Waals surface area contributed by atoms with E-state index in [1.54, 1.807) is 5.43 Å². The number of halogens is 4. The van der Waals surface area contributed by atoms with Crippen LogP contribution in [0.1, 0.15) is 11.1 Å². The average Bonchev–Trinajstić information content (AvgIpc) is 2.61. The van der Waals surface area contributed by atoms with E-state index in [4.69, 9.17) is 0 Å². The zero-order chi connectivity index (χ0) is 20.9. The third-order valence-corrected chi connectivity index (χ3v) is 4.79. The topological polar surface area (TPSA) is 78.5 Å². The fraction of sp³-hybridized carbons (Fsp3) is 0.235. The van der Waals surface area contributed by atoms with Crippen LogP contribution in [0.4, 0.5) is 23.2 Å². The number of rotatable bonds is 8. The highest BCUT2D eigenvalue weighted by Gasteiger charge is 2.20. The Hall–Kier alpha value is -2.66. The summed E-state index contributed by atoms with van der Waals surface area (Å²) in [4.78, 5) is 10.7. The Labute approximate surface area is 159 Å². The van der Waals surface area contributed by atoms with Gasteiger partial charge in [-0.15, -0.1) is 0 Å². The van der Waals surface area contributed by atoms with E-state index >= 15 is 0 Å². The third-order valence-electron chi connectivity index (χ3n) is 3.65. The summed E-state index contributed by atoms with van der Waals surface area (Å²) in [5, 5.41) is 0. The van der Waals surface area contributed by atoms with Crippen molar-refractivity contribution in [2.24, 2.45) is 0 Å². The van der Waals surface area contributed by atoms with Crippen molar-refractivity contribution in [3.63, 3.8) is 0 Å². The van der Waals surface area contributed by atoms with E-state index in [1.807, 2.05) is 0 Å². The molecule has 2 rings (SSSR count). The number of hydrogen-bond acceptors (Lipinski definition) is 4. The van der Waals surface area contributed by atoms with Crippen molar-refractivity contribution in [1.82, 2.24) is 10.9 Å². The summed E-state index contributed by atoms with van der Waals surface area (Å²) in [6, 6.07) is 8.57. The van der Waals surface area contributed by atoms with Crippen molar-refractivity contribution in [1.29, 1.82) is 0 Å². The number of sulfonamides is 1. The van der Waals surface area contributed by atoms with Crippen molar-refractivity contribution < 1.29 is 30.8 Å². The molecule has 0 aliphatic carbocycles. The first-order valence-electron chi connectivity index (χ1n) is 7.89. The first-order valence-corrected chi connectivity index (χ1v) is 9.74. The lowest BCUT2D eigenvalue weighted by Crippen LogP contribution is -2.40. The second kappa shape index (κ2) is 9.02. The summed E-state index contributed by atoms with van der Waals surface area (Å²) in [6.45, 7) is -0.449. The molecule has 0 radical (unpaired) electrons. The smallest absolute Gasteiger partial charge is 0.286 e. The summed E-state index contributed by atoms with van der Waals surface area (Å²) >= 11 is 0. The molecular formula is C17H17F4N3O3S. The van der Waals surface area contributed by atoms with E-state index in [9.17, 15) is 30.8 Å². The van der Waals surface area contributed by atoms with Gasteiger partial charge in [0.2, 0.25) is 10.0 Å². The molecule has 0 aliphatic rings. The van der Waals surface area contributed by atoms with Gasteiger partial charge in [0.25, 0.3) is 0 Å². The quantitative estimate of drug-likeness (QED) is 0.509. The van der Waals surface area contributed by atoms with Gasteiger partial charge in [-0.1, -0.05) is 12.1 Å². The Morgan fingerprint density at radius 3 is 2.29 bits per heavy atom. The van der Waals surface area contributed by atoms with Crippen molar-refractivity contribution in [2.75, 3.05) is 10.6 Å². The summed E-state index contributed by atoms with van der Waals surface area (Å²) in [5.41, 5.74) is 4.56. The molecule has 0 aliphatic heterocycles. The van der Waals surface area contributed by atoms with Crippen LogP contribution in [0.25, 0.3) is 0 Å². The molecular weight excluding hydrogens is 402 g/mol. The first-order chi connectivity index (χ1) is 13.1. The van der Waals surface area contributed by atoms with Gasteiger partial charge >= 0.3 is 12.3 Å². The molecule has 28 heavy (non-hydrogen) atoms. The largest absolute Gasteiger partial charge is 0.316 e. The monoisotopic (exact) mass is 419 g/mol. The third kappa shape index (κ3) is 5.92. The van der Waals surface area contributed by atoms with Crippen molar-refractivity contribution in [2.45, 2.75) is 19.5 Å². The molecule has 0 spiro atoms. The molecule has 0 aromatic heterocycles. The summed E-state index contributed by atoms with van der Waals surface area (Å²) in [7, 11) is -3.77. The molecule has 0 atom stereocenters. The Morgan fingerprint density at radius 1 is 1.11 bits per heavy atom. The lowest BCUT2D eigenvalue weighted by Gasteiger charge is -2.23. The van der Waals surface area contributed by atoms with Crippen LogP contribution in [-0.4, -0.2) is 27.0 Å². The van der Waals surface area contributed by atoms with Crippen LogP contribution >= 0.6 is 0 Å². The summed E-state index contributed by atoms with van der Waals surface area (Å²) in [5.74, 6) is -2.78. The summed E-state index contributed by atoms with van der Waals surface area (Å²) in [6.07, 6.45) is -2.24. The highest BCUT2D eigenvalue weighted by molar-refractivity contribution is 7.92. The fourth-order valence-corrected chi connectivity index (χ4v) is 3.16. The van der Waals surface area contributed by atoms with Crippen LogP contribution < -0.4 is 15.2 Å². The Bertz CT molecular complexity index is 937. The maximum Gasteiger partial charge on any atom is 0.316 e. The predicted octanol–water partition coefficient (Wildman–Crippen LogP) is 2.32. The maximum absolute atomic E-state index is 14.4. The van der Waals surface area contributed by atoms with Gasteiger partial charge in [0.05, 0.1) is 18.5 Å². The van der Waals surface area contributed by atoms with E-state index in [0.29, 0.717) is 5.56 Å². The average molecular weight is 419 g/mol. The van der Waals surface area contributed by atoms with E-state index in [1.165, 1.54) is 24.3 Å². The number of hydrazine groups is 1.